The maximum absolute atomic E-state index is 13.5. The zero-order valence-corrected chi connectivity index (χ0v) is 19.4. The van der Waals surface area contributed by atoms with Gasteiger partial charge in [-0.2, -0.15) is 13.2 Å². The molecule has 0 aliphatic rings. The second kappa shape index (κ2) is 11.0. The van der Waals surface area contributed by atoms with Gasteiger partial charge in [-0.3, -0.25) is 20.9 Å². The Labute approximate surface area is 203 Å². The minimum atomic E-state index is -4.73. The Balaban J connectivity index is 1.95. The first-order valence-corrected chi connectivity index (χ1v) is 11.0. The fourth-order valence-corrected chi connectivity index (χ4v) is 3.85. The number of nitrogens with two attached hydrogens (primary N) is 1. The molecule has 6 nitrogen and oxygen atoms in total. The van der Waals surface area contributed by atoms with Crippen LogP contribution in [0.1, 0.15) is 39.0 Å². The highest BCUT2D eigenvalue weighted by Gasteiger charge is 2.34. The van der Waals surface area contributed by atoms with Gasteiger partial charge in [-0.15, -0.1) is 0 Å². The van der Waals surface area contributed by atoms with Gasteiger partial charge in [0.1, 0.15) is 5.82 Å². The van der Waals surface area contributed by atoms with Gasteiger partial charge in [-0.05, 0) is 66.8 Å². The summed E-state index contributed by atoms with van der Waals surface area (Å²) in [4.78, 5) is 25.4. The molecule has 1 heterocycles. The fraction of sp³-hybridized carbons (Fsp3) is 0.250. The Morgan fingerprint density at radius 1 is 1.11 bits per heavy atom. The number of hydrazine groups is 1. The number of nitrogens with one attached hydrogen (secondary N) is 2. The van der Waals surface area contributed by atoms with Crippen molar-refractivity contribution in [2.24, 2.45) is 5.84 Å². The van der Waals surface area contributed by atoms with E-state index in [9.17, 15) is 27.2 Å². The van der Waals surface area contributed by atoms with E-state index in [1.54, 1.807) is 6.92 Å². The smallest absolute Gasteiger partial charge is 0.322 e. The maximum Gasteiger partial charge on any atom is 0.417 e. The molecule has 2 aromatic carbocycles. The van der Waals surface area contributed by atoms with Crippen LogP contribution in [0.25, 0.3) is 0 Å². The van der Waals surface area contributed by atoms with Crippen LogP contribution >= 0.6 is 11.6 Å². The van der Waals surface area contributed by atoms with Crippen molar-refractivity contribution in [3.05, 3.63) is 97.7 Å². The summed E-state index contributed by atoms with van der Waals surface area (Å²) in [5.74, 6) is 3.99. The van der Waals surface area contributed by atoms with Crippen LogP contribution < -0.4 is 22.1 Å². The molecule has 0 saturated carbocycles. The van der Waals surface area contributed by atoms with Gasteiger partial charge >= 0.3 is 6.18 Å². The highest BCUT2D eigenvalue weighted by Crippen LogP contribution is 2.37. The number of carbonyl (C=O) groups excluding carboxylic acids is 1. The summed E-state index contributed by atoms with van der Waals surface area (Å²) in [6.07, 6.45) is -2.69. The zero-order valence-electron chi connectivity index (χ0n) is 18.7. The molecule has 0 unspecified atom stereocenters. The van der Waals surface area contributed by atoms with Crippen LogP contribution in [0.15, 0.2) is 53.5 Å². The molecule has 1 aromatic heterocycles. The van der Waals surface area contributed by atoms with E-state index < -0.39 is 28.5 Å². The van der Waals surface area contributed by atoms with Crippen molar-refractivity contribution in [1.82, 2.24) is 9.99 Å². The molecule has 186 valence electrons. The third-order valence-electron chi connectivity index (χ3n) is 5.40. The van der Waals surface area contributed by atoms with Crippen LogP contribution in [0.2, 0.25) is 5.02 Å². The van der Waals surface area contributed by atoms with E-state index in [0.29, 0.717) is 30.6 Å². The molecule has 3 aromatic rings. The predicted octanol–water partition coefficient (Wildman–Crippen LogP) is 4.66. The van der Waals surface area contributed by atoms with Crippen molar-refractivity contribution >= 4 is 23.2 Å². The van der Waals surface area contributed by atoms with Crippen molar-refractivity contribution in [1.29, 1.82) is 0 Å². The van der Waals surface area contributed by atoms with Crippen molar-refractivity contribution < 1.29 is 22.4 Å². The van der Waals surface area contributed by atoms with Gasteiger partial charge in [0.25, 0.3) is 11.5 Å². The normalized spacial score (nSPS) is 11.5. The summed E-state index contributed by atoms with van der Waals surface area (Å²) in [6.45, 7) is 2.54. The molecule has 3 rings (SSSR count). The van der Waals surface area contributed by atoms with Gasteiger partial charge in [0, 0.05) is 36.6 Å². The minimum absolute atomic E-state index is 0.0524. The first kappa shape index (κ1) is 26.4. The van der Waals surface area contributed by atoms with Crippen LogP contribution in [0.4, 0.5) is 23.2 Å². The number of halogens is 5. The average Bonchev–Trinajstić information content (AvgIpc) is 2.77. The van der Waals surface area contributed by atoms with Gasteiger partial charge in [-0.1, -0.05) is 17.7 Å². The Hall–Kier alpha value is -3.21. The van der Waals surface area contributed by atoms with Crippen molar-refractivity contribution in [2.45, 2.75) is 32.5 Å². The quantitative estimate of drug-likeness (QED) is 0.178. The van der Waals surface area contributed by atoms with Crippen LogP contribution in [-0.4, -0.2) is 17.0 Å². The lowest BCUT2D eigenvalue weighted by atomic mass is 9.94. The van der Waals surface area contributed by atoms with Crippen molar-refractivity contribution in [3.63, 3.8) is 0 Å². The molecule has 1 amide bonds. The Morgan fingerprint density at radius 2 is 1.86 bits per heavy atom. The third-order valence-corrected chi connectivity index (χ3v) is 5.72. The van der Waals surface area contributed by atoms with Crippen molar-refractivity contribution in [3.8, 4) is 0 Å². The summed E-state index contributed by atoms with van der Waals surface area (Å²) >= 11 is 5.88. The number of carbonyl (C=O) groups is 1. The maximum atomic E-state index is 13.5. The van der Waals surface area contributed by atoms with Gasteiger partial charge in [0.05, 0.1) is 10.6 Å². The highest BCUT2D eigenvalue weighted by molar-refractivity contribution is 6.32. The number of aromatic nitrogens is 1. The van der Waals surface area contributed by atoms with Gasteiger partial charge < -0.3 is 9.88 Å². The molecule has 0 spiro atoms. The minimum Gasteiger partial charge on any atom is -0.322 e. The Morgan fingerprint density at radius 3 is 2.49 bits per heavy atom. The van der Waals surface area contributed by atoms with Crippen LogP contribution in [-0.2, 0) is 19.1 Å². The standard InChI is InChI=1S/C24H23ClF4N4O2/c1-14-9-17(26)4-3-15(14)10-16-11-20(24(27,28)29)21(25)13-19(16)23(35)32-18-5-8-33(22(34)12-18)7-2-6-31-30/h3-5,8-9,11-13,31H,2,6-7,10,30H2,1H3,(H,32,35). The van der Waals surface area contributed by atoms with E-state index >= 15 is 0 Å². The van der Waals surface area contributed by atoms with E-state index in [0.717, 1.165) is 12.1 Å². The zero-order chi connectivity index (χ0) is 25.8. The fourth-order valence-electron chi connectivity index (χ4n) is 3.58. The SMILES string of the molecule is Cc1cc(F)ccc1Cc1cc(C(F)(F)F)c(Cl)cc1C(=O)Nc1ccn(CCCNN)c(=O)c1. The Kier molecular flexibility index (Phi) is 8.31. The number of amides is 1. The molecule has 0 bridgehead atoms. The average molecular weight is 511 g/mol. The number of benzene rings is 2. The number of aryl methyl sites for hydroxylation is 2. The molecular weight excluding hydrogens is 488 g/mol. The number of hydrogen-bond acceptors (Lipinski definition) is 4. The largest absolute Gasteiger partial charge is 0.417 e. The summed E-state index contributed by atoms with van der Waals surface area (Å²) in [5, 5.41) is 1.91. The van der Waals surface area contributed by atoms with Crippen LogP contribution in [0.3, 0.4) is 0 Å². The van der Waals surface area contributed by atoms with Gasteiger partial charge in [0.15, 0.2) is 0 Å². The summed E-state index contributed by atoms with van der Waals surface area (Å²) in [7, 11) is 0. The second-order valence-corrected chi connectivity index (χ2v) is 8.35. The topological polar surface area (TPSA) is 89.2 Å². The molecule has 4 N–H and O–H groups in total. The Bertz CT molecular complexity index is 1290. The summed E-state index contributed by atoms with van der Waals surface area (Å²) in [6, 6.07) is 8.40. The van der Waals surface area contributed by atoms with Crippen LogP contribution in [0, 0.1) is 12.7 Å². The van der Waals surface area contributed by atoms with E-state index in [2.05, 4.69) is 10.7 Å². The number of rotatable bonds is 8. The highest BCUT2D eigenvalue weighted by atomic mass is 35.5. The van der Waals surface area contributed by atoms with Gasteiger partial charge in [-0.25, -0.2) is 4.39 Å². The molecule has 0 fully saturated rings. The summed E-state index contributed by atoms with van der Waals surface area (Å²) < 4.78 is 55.4. The molecular formula is C24H23ClF4N4O2. The molecule has 0 aliphatic heterocycles. The number of pyridine rings is 1. The second-order valence-electron chi connectivity index (χ2n) is 7.94. The monoisotopic (exact) mass is 510 g/mol. The van der Waals surface area contributed by atoms with Crippen molar-refractivity contribution in [2.75, 3.05) is 11.9 Å². The molecule has 35 heavy (non-hydrogen) atoms. The summed E-state index contributed by atoms with van der Waals surface area (Å²) in [5.41, 5.74) is 2.24. The first-order chi connectivity index (χ1) is 16.5. The lowest BCUT2D eigenvalue weighted by molar-refractivity contribution is -0.137. The molecule has 0 saturated heterocycles. The molecule has 11 heteroatoms. The molecule has 0 atom stereocenters. The predicted molar refractivity (Wildman–Crippen MR) is 126 cm³/mol. The number of alkyl halides is 3. The number of nitrogens with zero attached hydrogens (tertiary/aromatic N) is 1. The lowest BCUT2D eigenvalue weighted by Crippen LogP contribution is -2.26. The van der Waals surface area contributed by atoms with Gasteiger partial charge in [0.2, 0.25) is 0 Å². The number of hydrogen-bond donors (Lipinski definition) is 3. The van der Waals surface area contributed by atoms with Crippen LogP contribution in [0.5, 0.6) is 0 Å². The number of anilines is 1. The van der Waals surface area contributed by atoms with E-state index in [1.165, 1.54) is 41.1 Å². The third kappa shape index (κ3) is 6.68. The molecule has 0 aliphatic carbocycles. The van der Waals surface area contributed by atoms with E-state index in [1.807, 2.05) is 0 Å². The lowest BCUT2D eigenvalue weighted by Gasteiger charge is -2.17. The molecule has 0 radical (unpaired) electrons. The first-order valence-electron chi connectivity index (χ1n) is 10.6. The van der Waals surface area contributed by atoms with E-state index in [-0.39, 0.29) is 28.8 Å². The van der Waals surface area contributed by atoms with E-state index in [4.69, 9.17) is 17.4 Å².